The molecular formula is C6H7BFN. The first kappa shape index (κ1) is 6.27. The van der Waals surface area contributed by atoms with Gasteiger partial charge in [0, 0.05) is 11.9 Å². The van der Waals surface area contributed by atoms with Crippen LogP contribution in [0.5, 0.6) is 0 Å². The average Bonchev–Trinajstić information content (AvgIpc) is 1.80. The van der Waals surface area contributed by atoms with E-state index in [1.165, 1.54) is 12.3 Å². The molecule has 3 heteroatoms. The molecule has 0 atom stereocenters. The summed E-state index contributed by atoms with van der Waals surface area (Å²) in [6.07, 6.45) is 1.53. The Hall–Kier alpha value is -0.855. The molecule has 0 unspecified atom stereocenters. The largest absolute Gasteiger partial charge is 0.262 e. The molecule has 1 heterocycles. The zero-order valence-corrected chi connectivity index (χ0v) is 5.48. The van der Waals surface area contributed by atoms with Crippen molar-refractivity contribution in [1.82, 2.24) is 4.98 Å². The van der Waals surface area contributed by atoms with Gasteiger partial charge in [-0.3, -0.25) is 4.98 Å². The zero-order valence-electron chi connectivity index (χ0n) is 5.48. The third-order valence-corrected chi connectivity index (χ3v) is 1.17. The normalized spacial score (nSPS) is 9.56. The van der Waals surface area contributed by atoms with Gasteiger partial charge in [0.2, 0.25) is 0 Å². The van der Waals surface area contributed by atoms with Crippen molar-refractivity contribution in [2.45, 2.75) is 6.92 Å². The molecule has 0 aliphatic heterocycles. The molecule has 1 rings (SSSR count). The van der Waals surface area contributed by atoms with Gasteiger partial charge in [0.25, 0.3) is 0 Å². The molecule has 0 aromatic carbocycles. The SMILES string of the molecule is Bc1cnc(C)cc1F. The van der Waals surface area contributed by atoms with E-state index < -0.39 is 0 Å². The van der Waals surface area contributed by atoms with Gasteiger partial charge in [0.1, 0.15) is 13.7 Å². The Kier molecular flexibility index (Phi) is 1.51. The van der Waals surface area contributed by atoms with E-state index in [-0.39, 0.29) is 5.82 Å². The lowest BCUT2D eigenvalue weighted by molar-refractivity contribution is 0.632. The molecule has 0 amide bonds. The number of hydrogen-bond donors (Lipinski definition) is 0. The fourth-order valence-corrected chi connectivity index (χ4v) is 0.595. The van der Waals surface area contributed by atoms with Gasteiger partial charge in [0.05, 0.1) is 0 Å². The van der Waals surface area contributed by atoms with Crippen LogP contribution in [0.3, 0.4) is 0 Å². The topological polar surface area (TPSA) is 12.9 Å². The van der Waals surface area contributed by atoms with Crippen molar-refractivity contribution < 1.29 is 4.39 Å². The van der Waals surface area contributed by atoms with Crippen molar-refractivity contribution in [3.8, 4) is 0 Å². The lowest BCUT2D eigenvalue weighted by Crippen LogP contribution is -2.09. The van der Waals surface area contributed by atoms with Gasteiger partial charge in [0.15, 0.2) is 0 Å². The summed E-state index contributed by atoms with van der Waals surface area (Å²) in [4.78, 5) is 3.90. The van der Waals surface area contributed by atoms with Gasteiger partial charge in [-0.2, -0.15) is 0 Å². The first-order valence-corrected chi connectivity index (χ1v) is 2.79. The molecule has 0 fully saturated rings. The first-order valence-electron chi connectivity index (χ1n) is 2.79. The standard InChI is InChI=1S/C6H7BFN/c1-4-2-6(8)5(7)3-9-4/h2-3H,7H2,1H3. The van der Waals surface area contributed by atoms with Crippen molar-refractivity contribution in [1.29, 1.82) is 0 Å². The Morgan fingerprint density at radius 1 is 1.67 bits per heavy atom. The number of rotatable bonds is 0. The van der Waals surface area contributed by atoms with E-state index in [0.717, 1.165) is 5.69 Å². The number of hydrogen-bond acceptors (Lipinski definition) is 1. The maximum atomic E-state index is 12.5. The van der Waals surface area contributed by atoms with Crippen LogP contribution in [0.15, 0.2) is 12.3 Å². The van der Waals surface area contributed by atoms with Gasteiger partial charge in [-0.1, -0.05) is 0 Å². The van der Waals surface area contributed by atoms with Crippen molar-refractivity contribution in [3.63, 3.8) is 0 Å². The molecule has 0 saturated heterocycles. The summed E-state index contributed by atoms with van der Waals surface area (Å²) in [5, 5.41) is 0. The van der Waals surface area contributed by atoms with E-state index in [0.29, 0.717) is 5.46 Å². The average molecular weight is 123 g/mol. The summed E-state index contributed by atoms with van der Waals surface area (Å²) in [6.45, 7) is 1.77. The van der Waals surface area contributed by atoms with E-state index in [4.69, 9.17) is 0 Å². The molecule has 0 aliphatic carbocycles. The second-order valence-corrected chi connectivity index (χ2v) is 2.07. The van der Waals surface area contributed by atoms with Crippen LogP contribution in [0.25, 0.3) is 0 Å². The second-order valence-electron chi connectivity index (χ2n) is 2.07. The minimum absolute atomic E-state index is 0.178. The summed E-state index contributed by atoms with van der Waals surface area (Å²) in [7, 11) is 1.70. The molecule has 0 saturated carbocycles. The summed E-state index contributed by atoms with van der Waals surface area (Å²) in [6, 6.07) is 1.43. The van der Waals surface area contributed by atoms with Crippen molar-refractivity contribution in [2.24, 2.45) is 0 Å². The van der Waals surface area contributed by atoms with E-state index in [9.17, 15) is 4.39 Å². The molecule has 1 nitrogen and oxygen atoms in total. The molecule has 0 bridgehead atoms. The third-order valence-electron chi connectivity index (χ3n) is 1.17. The van der Waals surface area contributed by atoms with Gasteiger partial charge in [-0.15, -0.1) is 0 Å². The number of aromatic nitrogens is 1. The van der Waals surface area contributed by atoms with Crippen LogP contribution in [0.4, 0.5) is 4.39 Å². The Morgan fingerprint density at radius 2 is 2.33 bits per heavy atom. The van der Waals surface area contributed by atoms with Crippen LogP contribution >= 0.6 is 0 Å². The highest BCUT2D eigenvalue weighted by Crippen LogP contribution is 1.92. The Labute approximate surface area is 54.3 Å². The van der Waals surface area contributed by atoms with E-state index in [1.807, 2.05) is 0 Å². The number of nitrogens with zero attached hydrogens (tertiary/aromatic N) is 1. The number of aryl methyl sites for hydroxylation is 1. The fourth-order valence-electron chi connectivity index (χ4n) is 0.595. The first-order chi connectivity index (χ1) is 4.20. The molecular weight excluding hydrogens is 116 g/mol. The van der Waals surface area contributed by atoms with Gasteiger partial charge in [-0.05, 0) is 18.5 Å². The van der Waals surface area contributed by atoms with Gasteiger partial charge < -0.3 is 0 Å². The monoisotopic (exact) mass is 123 g/mol. The lowest BCUT2D eigenvalue weighted by Gasteiger charge is -1.94. The number of pyridine rings is 1. The maximum absolute atomic E-state index is 12.5. The summed E-state index contributed by atoms with van der Waals surface area (Å²) in [5.74, 6) is -0.178. The van der Waals surface area contributed by atoms with Crippen LogP contribution in [0.1, 0.15) is 5.69 Å². The zero-order chi connectivity index (χ0) is 6.85. The Balaban J connectivity index is 3.17. The Morgan fingerprint density at radius 3 is 2.78 bits per heavy atom. The summed E-state index contributed by atoms with van der Waals surface area (Å²) >= 11 is 0. The predicted molar refractivity (Wildman–Crippen MR) is 37.1 cm³/mol. The molecule has 1 aromatic heterocycles. The molecule has 1 aromatic rings. The molecule has 46 valence electrons. The summed E-state index contributed by atoms with van der Waals surface area (Å²) in [5.41, 5.74) is 1.32. The molecule has 0 spiro atoms. The highest BCUT2D eigenvalue weighted by atomic mass is 19.1. The quantitative estimate of drug-likeness (QED) is 0.435. The molecule has 0 aliphatic rings. The van der Waals surface area contributed by atoms with Crippen LogP contribution in [-0.4, -0.2) is 12.8 Å². The molecule has 0 radical (unpaired) electrons. The van der Waals surface area contributed by atoms with Crippen molar-refractivity contribution >= 4 is 13.3 Å². The number of halogens is 1. The lowest BCUT2D eigenvalue weighted by atomic mass is 9.98. The van der Waals surface area contributed by atoms with Gasteiger partial charge in [-0.25, -0.2) is 4.39 Å². The van der Waals surface area contributed by atoms with Crippen LogP contribution in [0, 0.1) is 12.7 Å². The van der Waals surface area contributed by atoms with Crippen LogP contribution < -0.4 is 5.46 Å². The second kappa shape index (κ2) is 2.17. The van der Waals surface area contributed by atoms with E-state index in [2.05, 4.69) is 4.98 Å². The highest BCUT2D eigenvalue weighted by Gasteiger charge is 1.94. The molecule has 0 N–H and O–H groups in total. The minimum Gasteiger partial charge on any atom is -0.262 e. The fraction of sp³-hybridized carbons (Fsp3) is 0.167. The Bertz CT molecular complexity index is 224. The third kappa shape index (κ3) is 1.28. The van der Waals surface area contributed by atoms with Crippen LogP contribution in [0.2, 0.25) is 0 Å². The molecule has 9 heavy (non-hydrogen) atoms. The maximum Gasteiger partial charge on any atom is 0.145 e. The van der Waals surface area contributed by atoms with E-state index in [1.54, 1.807) is 14.8 Å². The summed E-state index contributed by atoms with van der Waals surface area (Å²) < 4.78 is 12.5. The highest BCUT2D eigenvalue weighted by molar-refractivity contribution is 6.32. The van der Waals surface area contributed by atoms with Crippen molar-refractivity contribution in [2.75, 3.05) is 0 Å². The van der Waals surface area contributed by atoms with Gasteiger partial charge >= 0.3 is 0 Å². The van der Waals surface area contributed by atoms with E-state index >= 15 is 0 Å². The van der Waals surface area contributed by atoms with Crippen LogP contribution in [-0.2, 0) is 0 Å². The van der Waals surface area contributed by atoms with Crippen molar-refractivity contribution in [3.05, 3.63) is 23.8 Å². The smallest absolute Gasteiger partial charge is 0.145 e. The predicted octanol–water partition coefficient (Wildman–Crippen LogP) is -0.212. The minimum atomic E-state index is -0.178.